The third kappa shape index (κ3) is 6.84. The molecule has 0 aromatic heterocycles. The van der Waals surface area contributed by atoms with E-state index < -0.39 is 10.0 Å². The number of likely N-dealkylation sites (N-methyl/N-ethyl adjacent to an activating group) is 1. The van der Waals surface area contributed by atoms with Gasteiger partial charge in [-0.1, -0.05) is 23.7 Å². The first-order valence-corrected chi connectivity index (χ1v) is 10.1. The molecule has 28 heavy (non-hydrogen) atoms. The number of amides is 2. The maximum atomic E-state index is 12.2. The highest BCUT2D eigenvalue weighted by atomic mass is 35.5. The minimum Gasteiger partial charge on any atom is -0.484 e. The number of benzene rings is 2. The maximum Gasteiger partial charge on any atom is 0.257 e. The van der Waals surface area contributed by atoms with Crippen LogP contribution in [0.5, 0.6) is 5.75 Å². The minimum absolute atomic E-state index is 0.0291. The lowest BCUT2D eigenvalue weighted by molar-refractivity contribution is -0.122. The molecule has 150 valence electrons. The van der Waals surface area contributed by atoms with E-state index >= 15 is 0 Å². The van der Waals surface area contributed by atoms with Gasteiger partial charge in [0.1, 0.15) is 5.75 Å². The van der Waals surface area contributed by atoms with Crippen molar-refractivity contribution in [3.63, 3.8) is 0 Å². The van der Waals surface area contributed by atoms with E-state index in [0.717, 1.165) is 0 Å². The summed E-state index contributed by atoms with van der Waals surface area (Å²) >= 11 is 5.80. The van der Waals surface area contributed by atoms with Crippen molar-refractivity contribution < 1.29 is 22.7 Å². The maximum absolute atomic E-state index is 12.2. The molecule has 0 heterocycles. The van der Waals surface area contributed by atoms with Gasteiger partial charge in [-0.25, -0.2) is 13.1 Å². The number of hydrogen-bond acceptors (Lipinski definition) is 5. The fourth-order valence-corrected chi connectivity index (χ4v) is 3.46. The Morgan fingerprint density at radius 3 is 2.54 bits per heavy atom. The second-order valence-corrected chi connectivity index (χ2v) is 7.85. The van der Waals surface area contributed by atoms with Crippen LogP contribution in [-0.4, -0.2) is 40.4 Å². The highest BCUT2D eigenvalue weighted by Crippen LogP contribution is 2.18. The van der Waals surface area contributed by atoms with E-state index in [4.69, 9.17) is 16.3 Å². The molecule has 0 aliphatic carbocycles. The average Bonchev–Trinajstić information content (AvgIpc) is 2.66. The predicted molar refractivity (Wildman–Crippen MR) is 106 cm³/mol. The van der Waals surface area contributed by atoms with Gasteiger partial charge in [-0.05, 0) is 30.3 Å². The van der Waals surface area contributed by atoms with E-state index in [9.17, 15) is 18.0 Å². The molecule has 0 bridgehead atoms. The molecule has 2 rings (SSSR count). The number of hydrogen-bond donors (Lipinski definition) is 3. The number of carbonyl (C=O) groups excluding carboxylic acids is 2. The summed E-state index contributed by atoms with van der Waals surface area (Å²) in [7, 11) is -2.25. The second-order valence-electron chi connectivity index (χ2n) is 5.64. The summed E-state index contributed by atoms with van der Waals surface area (Å²) < 4.78 is 32.0. The zero-order valence-corrected chi connectivity index (χ0v) is 16.6. The van der Waals surface area contributed by atoms with E-state index in [1.54, 1.807) is 30.3 Å². The summed E-state index contributed by atoms with van der Waals surface area (Å²) in [5.41, 5.74) is 0.470. The summed E-state index contributed by atoms with van der Waals surface area (Å²) in [5.74, 6) is -0.235. The largest absolute Gasteiger partial charge is 0.484 e. The minimum atomic E-state index is -3.75. The van der Waals surface area contributed by atoms with Gasteiger partial charge in [0.15, 0.2) is 6.61 Å². The molecule has 2 amide bonds. The van der Waals surface area contributed by atoms with Gasteiger partial charge in [0.05, 0.1) is 4.90 Å². The Kier molecular flexibility index (Phi) is 7.80. The van der Waals surface area contributed by atoms with Crippen LogP contribution in [0.3, 0.4) is 0 Å². The van der Waals surface area contributed by atoms with Crippen molar-refractivity contribution in [3.05, 3.63) is 53.6 Å². The molecule has 0 fully saturated rings. The van der Waals surface area contributed by atoms with Gasteiger partial charge in [0.2, 0.25) is 15.9 Å². The van der Waals surface area contributed by atoms with E-state index in [1.807, 2.05) is 0 Å². The molecule has 2 aromatic rings. The average molecular weight is 426 g/mol. The van der Waals surface area contributed by atoms with Crippen molar-refractivity contribution in [3.8, 4) is 5.75 Å². The molecule has 0 saturated heterocycles. The zero-order chi connectivity index (χ0) is 20.6. The van der Waals surface area contributed by atoms with Crippen LogP contribution in [0, 0.1) is 0 Å². The van der Waals surface area contributed by atoms with Crippen molar-refractivity contribution in [2.45, 2.75) is 11.3 Å². The lowest BCUT2D eigenvalue weighted by atomic mass is 10.3. The number of halogens is 1. The van der Waals surface area contributed by atoms with E-state index in [0.29, 0.717) is 16.5 Å². The van der Waals surface area contributed by atoms with Crippen molar-refractivity contribution in [2.75, 3.05) is 25.5 Å². The SMILES string of the molecule is CNC(=O)COc1cccc(NC(=O)CCNS(=O)(=O)c2cccc(Cl)c2)c1. The Balaban J connectivity index is 1.85. The molecule has 0 saturated carbocycles. The van der Waals surface area contributed by atoms with Crippen molar-refractivity contribution in [2.24, 2.45) is 0 Å². The van der Waals surface area contributed by atoms with Crippen molar-refractivity contribution in [1.82, 2.24) is 10.0 Å². The first-order chi connectivity index (χ1) is 13.3. The van der Waals surface area contributed by atoms with Crippen molar-refractivity contribution >= 4 is 39.1 Å². The van der Waals surface area contributed by atoms with Gasteiger partial charge >= 0.3 is 0 Å². The molecule has 0 spiro atoms. The van der Waals surface area contributed by atoms with Crippen LogP contribution in [0.25, 0.3) is 0 Å². The molecule has 8 nitrogen and oxygen atoms in total. The van der Waals surface area contributed by atoms with Crippen LogP contribution in [-0.2, 0) is 19.6 Å². The Labute approximate surface area is 168 Å². The molecule has 0 atom stereocenters. The summed E-state index contributed by atoms with van der Waals surface area (Å²) in [4.78, 5) is 23.3. The second kappa shape index (κ2) is 10.1. The van der Waals surface area contributed by atoms with E-state index in [-0.39, 0.29) is 36.3 Å². The lowest BCUT2D eigenvalue weighted by Crippen LogP contribution is -2.27. The predicted octanol–water partition coefficient (Wildman–Crippen LogP) is 1.77. The molecule has 2 aromatic carbocycles. The Morgan fingerprint density at radius 1 is 1.07 bits per heavy atom. The topological polar surface area (TPSA) is 114 Å². The highest BCUT2D eigenvalue weighted by molar-refractivity contribution is 7.89. The van der Waals surface area contributed by atoms with Gasteiger partial charge in [0, 0.05) is 36.8 Å². The number of carbonyl (C=O) groups is 2. The molecule has 0 aliphatic rings. The third-order valence-corrected chi connectivity index (χ3v) is 5.21. The molecule has 0 unspecified atom stereocenters. The zero-order valence-electron chi connectivity index (χ0n) is 15.1. The normalized spacial score (nSPS) is 10.9. The van der Waals surface area contributed by atoms with E-state index in [2.05, 4.69) is 15.4 Å². The van der Waals surface area contributed by atoms with Gasteiger partial charge in [-0.3, -0.25) is 9.59 Å². The number of anilines is 1. The van der Waals surface area contributed by atoms with E-state index in [1.165, 1.54) is 25.2 Å². The Bertz CT molecular complexity index is 950. The standard InChI is InChI=1S/C18H20ClN3O5S/c1-20-18(24)12-27-15-6-3-5-14(11-15)22-17(23)8-9-21-28(25,26)16-7-2-4-13(19)10-16/h2-7,10-11,21H,8-9,12H2,1H3,(H,20,24)(H,22,23). The fourth-order valence-electron chi connectivity index (χ4n) is 2.12. The highest BCUT2D eigenvalue weighted by Gasteiger charge is 2.14. The number of sulfonamides is 1. The summed E-state index contributed by atoms with van der Waals surface area (Å²) in [5, 5.41) is 5.38. The van der Waals surface area contributed by atoms with Crippen LogP contribution in [0.4, 0.5) is 5.69 Å². The summed E-state index contributed by atoms with van der Waals surface area (Å²) in [6.45, 7) is -0.216. The van der Waals surface area contributed by atoms with Gasteiger partial charge in [-0.15, -0.1) is 0 Å². The molecular formula is C18H20ClN3O5S. The van der Waals surface area contributed by atoms with Crippen LogP contribution in [0.1, 0.15) is 6.42 Å². The summed E-state index contributed by atoms with van der Waals surface area (Å²) in [6.07, 6.45) is -0.0663. The van der Waals surface area contributed by atoms with Gasteiger partial charge < -0.3 is 15.4 Å². The number of nitrogens with one attached hydrogen (secondary N) is 3. The molecule has 0 radical (unpaired) electrons. The van der Waals surface area contributed by atoms with Crippen LogP contribution >= 0.6 is 11.6 Å². The lowest BCUT2D eigenvalue weighted by Gasteiger charge is -2.10. The van der Waals surface area contributed by atoms with Crippen LogP contribution in [0.2, 0.25) is 5.02 Å². The molecule has 10 heteroatoms. The van der Waals surface area contributed by atoms with Crippen LogP contribution < -0.4 is 20.1 Å². The summed E-state index contributed by atoms with van der Waals surface area (Å²) in [6, 6.07) is 12.4. The quantitative estimate of drug-likeness (QED) is 0.566. The molecular weight excluding hydrogens is 406 g/mol. The first kappa shape index (κ1) is 21.7. The monoisotopic (exact) mass is 425 g/mol. The van der Waals surface area contributed by atoms with Crippen LogP contribution in [0.15, 0.2) is 53.4 Å². The van der Waals surface area contributed by atoms with Gasteiger partial charge in [-0.2, -0.15) is 0 Å². The number of ether oxygens (including phenoxy) is 1. The third-order valence-electron chi connectivity index (χ3n) is 3.52. The van der Waals surface area contributed by atoms with Crippen molar-refractivity contribution in [1.29, 1.82) is 0 Å². The molecule has 3 N–H and O–H groups in total. The Morgan fingerprint density at radius 2 is 1.82 bits per heavy atom. The smallest absolute Gasteiger partial charge is 0.257 e. The van der Waals surface area contributed by atoms with Gasteiger partial charge in [0.25, 0.3) is 5.91 Å². The number of rotatable bonds is 9. The molecule has 0 aliphatic heterocycles. The Hall–Kier alpha value is -2.62. The first-order valence-electron chi connectivity index (χ1n) is 8.29. The fraction of sp³-hybridized carbons (Fsp3) is 0.222.